The molecule has 208 valence electrons. The van der Waals surface area contributed by atoms with Gasteiger partial charge >= 0.3 is 0 Å². The number of furan rings is 1. The number of hydrogen-bond acceptors (Lipinski definition) is 1. The Morgan fingerprint density at radius 1 is 0.333 bits per heavy atom. The van der Waals surface area contributed by atoms with E-state index in [9.17, 15) is 0 Å². The van der Waals surface area contributed by atoms with Crippen LogP contribution < -0.4 is 0 Å². The van der Waals surface area contributed by atoms with Crippen molar-refractivity contribution in [1.82, 2.24) is 0 Å². The van der Waals surface area contributed by atoms with Crippen LogP contribution in [0.3, 0.4) is 0 Å². The lowest BCUT2D eigenvalue weighted by molar-refractivity contribution is 0.673. The minimum Gasteiger partial charge on any atom is -0.455 e. The van der Waals surface area contributed by atoms with Gasteiger partial charge in [-0.25, -0.2) is 0 Å². The first-order chi connectivity index (χ1) is 22.3. The molecule has 0 unspecified atom stereocenters. The highest BCUT2D eigenvalue weighted by Gasteiger charge is 2.21. The van der Waals surface area contributed by atoms with Crippen molar-refractivity contribution in [2.75, 3.05) is 0 Å². The quantitative estimate of drug-likeness (QED) is 0.188. The minimum absolute atomic E-state index is 0.923. The Hall–Kier alpha value is -5.92. The van der Waals surface area contributed by atoms with Crippen LogP contribution >= 0.6 is 0 Å². The van der Waals surface area contributed by atoms with Gasteiger partial charge in [-0.3, -0.25) is 0 Å². The predicted octanol–water partition coefficient (Wildman–Crippen LogP) is 12.7. The van der Waals surface area contributed by atoms with Crippen molar-refractivity contribution in [2.24, 2.45) is 0 Å². The summed E-state index contributed by atoms with van der Waals surface area (Å²) >= 11 is 0. The number of rotatable bonds is 2. The molecule has 45 heavy (non-hydrogen) atoms. The maximum atomic E-state index is 6.65. The van der Waals surface area contributed by atoms with Gasteiger partial charge in [-0.2, -0.15) is 0 Å². The lowest BCUT2D eigenvalue weighted by atomic mass is 9.84. The van der Waals surface area contributed by atoms with Gasteiger partial charge in [0.2, 0.25) is 0 Å². The van der Waals surface area contributed by atoms with E-state index < -0.39 is 0 Å². The molecule has 1 heteroatoms. The maximum Gasteiger partial charge on any atom is 0.143 e. The highest BCUT2D eigenvalue weighted by Crippen LogP contribution is 2.48. The van der Waals surface area contributed by atoms with E-state index in [1.165, 1.54) is 76.1 Å². The van der Waals surface area contributed by atoms with Crippen LogP contribution in [0, 0.1) is 0 Å². The Labute approximate surface area is 259 Å². The molecule has 1 nitrogen and oxygen atoms in total. The van der Waals surface area contributed by atoms with E-state index in [0.717, 1.165) is 21.9 Å². The van der Waals surface area contributed by atoms with Crippen LogP contribution in [0.4, 0.5) is 0 Å². The van der Waals surface area contributed by atoms with Crippen LogP contribution in [0.1, 0.15) is 0 Å². The lowest BCUT2D eigenvalue weighted by Gasteiger charge is -2.19. The fourth-order valence-electron chi connectivity index (χ4n) is 7.65. The molecular weight excluding hydrogens is 544 g/mol. The SMILES string of the molecule is c1ccc2cc(-c3c4ccccc4c(-c4cc5c(oc6ccc7ccccc7c65)c5ccccc45)c4ccccc34)ccc2c1. The van der Waals surface area contributed by atoms with Crippen molar-refractivity contribution in [3.63, 3.8) is 0 Å². The molecule has 0 saturated carbocycles. The number of fused-ring (bicyclic) bond motifs is 10. The molecule has 0 fully saturated rings. The molecule has 10 rings (SSSR count). The molecule has 0 aliphatic heterocycles. The van der Waals surface area contributed by atoms with E-state index in [-0.39, 0.29) is 0 Å². The highest BCUT2D eigenvalue weighted by atomic mass is 16.3. The molecule has 9 aromatic carbocycles. The van der Waals surface area contributed by atoms with Crippen LogP contribution in [0.25, 0.3) is 98.1 Å². The summed E-state index contributed by atoms with van der Waals surface area (Å²) in [6, 6.07) is 57.3. The first kappa shape index (κ1) is 24.5. The summed E-state index contributed by atoms with van der Waals surface area (Å²) in [6.45, 7) is 0. The molecule has 0 aliphatic carbocycles. The second kappa shape index (κ2) is 9.29. The zero-order chi connectivity index (χ0) is 29.5. The molecule has 0 bridgehead atoms. The highest BCUT2D eigenvalue weighted by molar-refractivity contribution is 6.29. The first-order valence-electron chi connectivity index (χ1n) is 15.5. The maximum absolute atomic E-state index is 6.65. The van der Waals surface area contributed by atoms with Crippen molar-refractivity contribution in [2.45, 2.75) is 0 Å². The summed E-state index contributed by atoms with van der Waals surface area (Å²) in [6.07, 6.45) is 0. The van der Waals surface area contributed by atoms with Gasteiger partial charge in [0.05, 0.1) is 0 Å². The van der Waals surface area contributed by atoms with Crippen LogP contribution in [0.5, 0.6) is 0 Å². The molecule has 0 amide bonds. The van der Waals surface area contributed by atoms with E-state index in [2.05, 4.69) is 158 Å². The molecule has 10 aromatic rings. The normalized spacial score (nSPS) is 12.0. The molecule has 0 aliphatic rings. The van der Waals surface area contributed by atoms with Gasteiger partial charge in [0.15, 0.2) is 0 Å². The average Bonchev–Trinajstić information content (AvgIpc) is 3.49. The summed E-state index contributed by atoms with van der Waals surface area (Å²) < 4.78 is 6.65. The van der Waals surface area contributed by atoms with E-state index in [4.69, 9.17) is 4.42 Å². The Morgan fingerprint density at radius 2 is 0.867 bits per heavy atom. The van der Waals surface area contributed by atoms with Crippen molar-refractivity contribution in [1.29, 1.82) is 0 Å². The summed E-state index contributed by atoms with van der Waals surface area (Å²) in [7, 11) is 0. The van der Waals surface area contributed by atoms with Crippen LogP contribution in [0.2, 0.25) is 0 Å². The second-order valence-electron chi connectivity index (χ2n) is 12.0. The van der Waals surface area contributed by atoms with Crippen molar-refractivity contribution >= 4 is 75.8 Å². The third kappa shape index (κ3) is 3.50. The van der Waals surface area contributed by atoms with Crippen LogP contribution in [-0.4, -0.2) is 0 Å². The fraction of sp³-hybridized carbons (Fsp3) is 0. The summed E-state index contributed by atoms with van der Waals surface area (Å²) in [5, 5.41) is 14.6. The number of hydrogen-bond donors (Lipinski definition) is 0. The molecule has 0 atom stereocenters. The zero-order valence-corrected chi connectivity index (χ0v) is 24.4. The van der Waals surface area contributed by atoms with E-state index in [1.807, 2.05) is 0 Å². The molecule has 1 aromatic heterocycles. The van der Waals surface area contributed by atoms with Gasteiger partial charge in [0, 0.05) is 16.2 Å². The van der Waals surface area contributed by atoms with Gasteiger partial charge in [-0.05, 0) is 88.9 Å². The molecule has 1 heterocycles. The number of benzene rings is 9. The van der Waals surface area contributed by atoms with Crippen LogP contribution in [0.15, 0.2) is 162 Å². The van der Waals surface area contributed by atoms with Crippen molar-refractivity contribution in [3.8, 4) is 22.3 Å². The van der Waals surface area contributed by atoms with Gasteiger partial charge in [0.25, 0.3) is 0 Å². The molecule has 0 radical (unpaired) electrons. The molecule has 0 spiro atoms. The van der Waals surface area contributed by atoms with E-state index >= 15 is 0 Å². The largest absolute Gasteiger partial charge is 0.455 e. The second-order valence-corrected chi connectivity index (χ2v) is 12.0. The van der Waals surface area contributed by atoms with E-state index in [0.29, 0.717) is 0 Å². The molecule has 0 N–H and O–H groups in total. The Bertz CT molecular complexity index is 2760. The fourth-order valence-corrected chi connectivity index (χ4v) is 7.65. The van der Waals surface area contributed by atoms with Gasteiger partial charge in [-0.1, -0.05) is 140 Å². The summed E-state index contributed by atoms with van der Waals surface area (Å²) in [5.41, 5.74) is 6.88. The van der Waals surface area contributed by atoms with Crippen molar-refractivity contribution in [3.05, 3.63) is 158 Å². The monoisotopic (exact) mass is 570 g/mol. The predicted molar refractivity (Wildman–Crippen MR) is 192 cm³/mol. The minimum atomic E-state index is 0.923. The molecular formula is C44H26O. The standard InChI is InChI=1S/C44H26O/c1-2-13-29-25-30(22-21-27(29)11-1)41-33-16-6-8-18-35(33)42(36-19-9-7-17-34(36)41)38-26-39-43-31-14-4-3-12-28(31)23-24-40(43)45-44(39)37-20-10-5-15-32(37)38/h1-26H. The smallest absolute Gasteiger partial charge is 0.143 e. The topological polar surface area (TPSA) is 13.1 Å². The summed E-state index contributed by atoms with van der Waals surface area (Å²) in [5.74, 6) is 0. The van der Waals surface area contributed by atoms with Crippen molar-refractivity contribution < 1.29 is 4.42 Å². The lowest BCUT2D eigenvalue weighted by Crippen LogP contribution is -1.92. The van der Waals surface area contributed by atoms with Gasteiger partial charge in [0.1, 0.15) is 11.2 Å². The summed E-state index contributed by atoms with van der Waals surface area (Å²) in [4.78, 5) is 0. The zero-order valence-electron chi connectivity index (χ0n) is 24.4. The Morgan fingerprint density at radius 3 is 1.58 bits per heavy atom. The third-order valence-corrected chi connectivity index (χ3v) is 9.61. The molecule has 0 saturated heterocycles. The van der Waals surface area contributed by atoms with Crippen LogP contribution in [-0.2, 0) is 0 Å². The van der Waals surface area contributed by atoms with Gasteiger partial charge < -0.3 is 4.42 Å². The Balaban J connectivity index is 1.39. The van der Waals surface area contributed by atoms with Gasteiger partial charge in [-0.15, -0.1) is 0 Å². The van der Waals surface area contributed by atoms with E-state index in [1.54, 1.807) is 0 Å². The Kier molecular flexibility index (Phi) is 5.06. The average molecular weight is 571 g/mol. The first-order valence-corrected chi connectivity index (χ1v) is 15.5. The third-order valence-electron chi connectivity index (χ3n) is 9.61.